The molecule has 0 radical (unpaired) electrons. The number of carbonyl (C=O) groups excluding carboxylic acids is 1. The predicted molar refractivity (Wildman–Crippen MR) is 69.9 cm³/mol. The van der Waals surface area contributed by atoms with Crippen LogP contribution in [0.4, 0.5) is 5.95 Å². The number of halogens is 1. The number of esters is 1. The van der Waals surface area contributed by atoms with Gasteiger partial charge in [-0.2, -0.15) is 0 Å². The summed E-state index contributed by atoms with van der Waals surface area (Å²) in [6, 6.07) is 3.35. The maximum Gasteiger partial charge on any atom is 0.340 e. The van der Waals surface area contributed by atoms with Crippen LogP contribution >= 0.6 is 15.9 Å². The molecule has 3 N–H and O–H groups in total. The van der Waals surface area contributed by atoms with Gasteiger partial charge >= 0.3 is 5.97 Å². The van der Waals surface area contributed by atoms with E-state index in [2.05, 4.69) is 30.9 Å². The Morgan fingerprint density at radius 3 is 3.06 bits per heavy atom. The van der Waals surface area contributed by atoms with Crippen molar-refractivity contribution in [2.45, 2.75) is 6.92 Å². The molecule has 0 saturated carbocycles. The van der Waals surface area contributed by atoms with Crippen molar-refractivity contribution >= 4 is 27.8 Å². The molecule has 0 aliphatic heterocycles. The summed E-state index contributed by atoms with van der Waals surface area (Å²) in [5.74, 6) is -0.218. The van der Waals surface area contributed by atoms with Crippen molar-refractivity contribution in [3.05, 3.63) is 28.5 Å². The largest absolute Gasteiger partial charge is 0.462 e. The van der Waals surface area contributed by atoms with Gasteiger partial charge in [0.1, 0.15) is 0 Å². The van der Waals surface area contributed by atoms with Crippen LogP contribution in [0.25, 0.3) is 11.4 Å². The Hall–Kier alpha value is -1.89. The molecule has 0 atom stereocenters. The van der Waals surface area contributed by atoms with E-state index in [1.54, 1.807) is 25.3 Å². The lowest BCUT2D eigenvalue weighted by molar-refractivity contribution is 0.0525. The third-order valence-electron chi connectivity index (χ3n) is 2.22. The van der Waals surface area contributed by atoms with Crippen LogP contribution in [0.3, 0.4) is 0 Å². The lowest BCUT2D eigenvalue weighted by Crippen LogP contribution is -2.03. The van der Waals surface area contributed by atoms with E-state index in [9.17, 15) is 4.79 Å². The number of nitrogens with one attached hydrogen (secondary N) is 1. The highest BCUT2D eigenvalue weighted by atomic mass is 79.9. The second-order valence-electron chi connectivity index (χ2n) is 3.43. The monoisotopic (exact) mass is 310 g/mol. The minimum atomic E-state index is -0.395. The van der Waals surface area contributed by atoms with E-state index in [4.69, 9.17) is 10.5 Å². The van der Waals surface area contributed by atoms with E-state index in [0.717, 1.165) is 0 Å². The van der Waals surface area contributed by atoms with Crippen molar-refractivity contribution in [2.24, 2.45) is 0 Å². The molecule has 0 aromatic carbocycles. The highest BCUT2D eigenvalue weighted by Crippen LogP contribution is 2.24. The second kappa shape index (κ2) is 5.18. The third kappa shape index (κ3) is 2.51. The number of H-pyrrole nitrogens is 1. The van der Waals surface area contributed by atoms with Gasteiger partial charge in [0.25, 0.3) is 0 Å². The summed E-state index contributed by atoms with van der Waals surface area (Å²) < 4.78 is 5.48. The van der Waals surface area contributed by atoms with E-state index in [0.29, 0.717) is 28.2 Å². The zero-order valence-corrected chi connectivity index (χ0v) is 11.2. The Morgan fingerprint density at radius 1 is 1.61 bits per heavy atom. The summed E-state index contributed by atoms with van der Waals surface area (Å²) in [5.41, 5.74) is 7.20. The highest BCUT2D eigenvalue weighted by Gasteiger charge is 2.16. The quantitative estimate of drug-likeness (QED) is 0.846. The van der Waals surface area contributed by atoms with E-state index in [-0.39, 0.29) is 5.95 Å². The Kier molecular flexibility index (Phi) is 3.61. The number of nitrogen functional groups attached to an aromatic ring is 1. The fourth-order valence-corrected chi connectivity index (χ4v) is 1.94. The molecular formula is C11H11BrN4O2. The number of nitrogens with zero attached hydrogens (tertiary/aromatic N) is 2. The van der Waals surface area contributed by atoms with Gasteiger partial charge in [-0.25, -0.2) is 14.8 Å². The van der Waals surface area contributed by atoms with E-state index in [1.165, 1.54) is 0 Å². The van der Waals surface area contributed by atoms with Crippen molar-refractivity contribution in [2.75, 3.05) is 12.3 Å². The average molecular weight is 311 g/mol. The summed E-state index contributed by atoms with van der Waals surface area (Å²) in [7, 11) is 0. The molecule has 0 spiro atoms. The second-order valence-corrected chi connectivity index (χ2v) is 4.22. The number of aromatic amines is 1. The third-order valence-corrected chi connectivity index (χ3v) is 2.84. The van der Waals surface area contributed by atoms with Gasteiger partial charge in [-0.15, -0.1) is 0 Å². The molecule has 2 aromatic rings. The van der Waals surface area contributed by atoms with Gasteiger partial charge < -0.3 is 15.5 Å². The lowest BCUT2D eigenvalue weighted by Gasteiger charge is -1.98. The van der Waals surface area contributed by atoms with E-state index >= 15 is 0 Å². The van der Waals surface area contributed by atoms with Crippen LogP contribution in [-0.4, -0.2) is 27.5 Å². The summed E-state index contributed by atoms with van der Waals surface area (Å²) in [4.78, 5) is 22.5. The molecule has 0 amide bonds. The van der Waals surface area contributed by atoms with Gasteiger partial charge in [0.05, 0.1) is 28.2 Å². The molecule has 0 fully saturated rings. The summed E-state index contributed by atoms with van der Waals surface area (Å²) in [6.45, 7) is 2.08. The van der Waals surface area contributed by atoms with Crippen LogP contribution in [0.15, 0.2) is 22.9 Å². The van der Waals surface area contributed by atoms with Crippen LogP contribution in [0.5, 0.6) is 0 Å². The fraction of sp³-hybridized carbons (Fsp3) is 0.182. The molecule has 0 bridgehead atoms. The molecule has 0 saturated heterocycles. The fourth-order valence-electron chi connectivity index (χ4n) is 1.45. The first-order chi connectivity index (χ1) is 8.61. The van der Waals surface area contributed by atoms with E-state index in [1.807, 2.05) is 0 Å². The van der Waals surface area contributed by atoms with Crippen LogP contribution in [0, 0.1) is 0 Å². The van der Waals surface area contributed by atoms with Gasteiger partial charge in [0, 0.05) is 6.20 Å². The van der Waals surface area contributed by atoms with E-state index < -0.39 is 5.97 Å². The van der Waals surface area contributed by atoms with Crippen molar-refractivity contribution in [3.8, 4) is 11.4 Å². The average Bonchev–Trinajstić information content (AvgIpc) is 2.72. The number of nitrogens with two attached hydrogens (primary N) is 1. The molecule has 0 unspecified atom stereocenters. The molecule has 0 aliphatic carbocycles. The van der Waals surface area contributed by atoms with Crippen molar-refractivity contribution < 1.29 is 9.53 Å². The first kappa shape index (κ1) is 12.6. The number of aromatic nitrogens is 3. The number of hydrogen-bond donors (Lipinski definition) is 2. The summed E-state index contributed by atoms with van der Waals surface area (Å²) >= 11 is 3.27. The van der Waals surface area contributed by atoms with Crippen LogP contribution in [0.2, 0.25) is 0 Å². The van der Waals surface area contributed by atoms with Gasteiger partial charge in [-0.1, -0.05) is 0 Å². The van der Waals surface area contributed by atoms with Gasteiger partial charge in [0.15, 0.2) is 0 Å². The normalized spacial score (nSPS) is 10.3. The SMILES string of the molecule is CCOC(=O)c1cc(-c2ccnc(N)n2)[nH]c1Br. The van der Waals surface area contributed by atoms with Crippen LogP contribution < -0.4 is 5.73 Å². The Bertz CT molecular complexity index is 582. The Morgan fingerprint density at radius 2 is 2.39 bits per heavy atom. The Balaban J connectivity index is 2.37. The zero-order chi connectivity index (χ0) is 13.1. The molecule has 2 heterocycles. The molecule has 2 rings (SSSR count). The number of anilines is 1. The van der Waals surface area contributed by atoms with Gasteiger partial charge in [-0.05, 0) is 35.0 Å². The smallest absolute Gasteiger partial charge is 0.340 e. The molecular weight excluding hydrogens is 300 g/mol. The predicted octanol–water partition coefficient (Wildman–Crippen LogP) is 1.99. The minimum Gasteiger partial charge on any atom is -0.462 e. The van der Waals surface area contributed by atoms with Crippen LogP contribution in [0.1, 0.15) is 17.3 Å². The lowest BCUT2D eigenvalue weighted by atomic mass is 10.2. The maximum atomic E-state index is 11.6. The molecule has 18 heavy (non-hydrogen) atoms. The molecule has 2 aromatic heterocycles. The summed E-state index contributed by atoms with van der Waals surface area (Å²) in [6.07, 6.45) is 1.55. The number of carbonyl (C=O) groups is 1. The first-order valence-corrected chi connectivity index (χ1v) is 6.05. The van der Waals surface area contributed by atoms with Crippen LogP contribution in [-0.2, 0) is 4.74 Å². The molecule has 6 nitrogen and oxygen atoms in total. The number of rotatable bonds is 3. The van der Waals surface area contributed by atoms with Gasteiger partial charge in [0.2, 0.25) is 5.95 Å². The first-order valence-electron chi connectivity index (χ1n) is 5.26. The molecule has 7 heteroatoms. The standard InChI is InChI=1S/C11H11BrN4O2/c1-2-18-10(17)6-5-8(15-9(6)12)7-3-4-14-11(13)16-7/h3-5,15H,2H2,1H3,(H2,13,14,16). The highest BCUT2D eigenvalue weighted by molar-refractivity contribution is 9.10. The van der Waals surface area contributed by atoms with Gasteiger partial charge in [-0.3, -0.25) is 0 Å². The van der Waals surface area contributed by atoms with Crippen molar-refractivity contribution in [1.82, 2.24) is 15.0 Å². The van der Waals surface area contributed by atoms with Crippen molar-refractivity contribution in [3.63, 3.8) is 0 Å². The zero-order valence-electron chi connectivity index (χ0n) is 9.61. The molecule has 94 valence electrons. The Labute approximate surface area is 112 Å². The molecule has 0 aliphatic rings. The minimum absolute atomic E-state index is 0.177. The number of ether oxygens (including phenoxy) is 1. The maximum absolute atomic E-state index is 11.6. The summed E-state index contributed by atoms with van der Waals surface area (Å²) in [5, 5.41) is 0. The number of hydrogen-bond acceptors (Lipinski definition) is 5. The van der Waals surface area contributed by atoms with Crippen molar-refractivity contribution in [1.29, 1.82) is 0 Å². The topological polar surface area (TPSA) is 93.9 Å².